The summed E-state index contributed by atoms with van der Waals surface area (Å²) in [6, 6.07) is -0.0389. The number of Topliss-reactive ketones (excluding diaryl/α,β-unsaturated/α-hetero) is 1. The van der Waals surface area contributed by atoms with Gasteiger partial charge in [0.15, 0.2) is 5.78 Å². The molecule has 1 fully saturated rings. The number of hydrogen-bond acceptors (Lipinski definition) is 4. The van der Waals surface area contributed by atoms with E-state index in [0.717, 1.165) is 38.2 Å². The first kappa shape index (κ1) is 13.2. The lowest BCUT2D eigenvalue weighted by Gasteiger charge is -2.36. The van der Waals surface area contributed by atoms with Crippen LogP contribution in [0.25, 0.3) is 0 Å². The SMILES string of the molecule is CCCn1cc(C(=O)C2CN(C)CCN2C)cn1. The van der Waals surface area contributed by atoms with Crippen LogP contribution in [0.5, 0.6) is 0 Å². The van der Waals surface area contributed by atoms with Crippen LogP contribution >= 0.6 is 0 Å². The van der Waals surface area contributed by atoms with Gasteiger partial charge in [-0.25, -0.2) is 0 Å². The molecule has 100 valence electrons. The third kappa shape index (κ3) is 2.79. The minimum atomic E-state index is -0.0389. The van der Waals surface area contributed by atoms with Crippen molar-refractivity contribution in [1.82, 2.24) is 19.6 Å². The molecule has 1 atom stereocenters. The molecule has 0 bridgehead atoms. The Bertz CT molecular complexity index is 415. The molecule has 18 heavy (non-hydrogen) atoms. The van der Waals surface area contributed by atoms with Gasteiger partial charge in [-0.1, -0.05) is 6.92 Å². The van der Waals surface area contributed by atoms with Crippen LogP contribution in [-0.4, -0.2) is 65.1 Å². The van der Waals surface area contributed by atoms with Crippen molar-refractivity contribution in [3.8, 4) is 0 Å². The van der Waals surface area contributed by atoms with E-state index in [9.17, 15) is 4.79 Å². The molecule has 1 unspecified atom stereocenters. The number of rotatable bonds is 4. The molecule has 1 saturated heterocycles. The summed E-state index contributed by atoms with van der Waals surface area (Å²) in [4.78, 5) is 16.8. The normalized spacial score (nSPS) is 22.3. The Labute approximate surface area is 108 Å². The van der Waals surface area contributed by atoms with Crippen LogP contribution in [-0.2, 0) is 6.54 Å². The number of nitrogens with zero attached hydrogens (tertiary/aromatic N) is 4. The second-order valence-corrected chi connectivity index (χ2v) is 5.11. The van der Waals surface area contributed by atoms with Gasteiger partial charge in [0.05, 0.1) is 17.8 Å². The van der Waals surface area contributed by atoms with Crippen molar-refractivity contribution >= 4 is 5.78 Å². The molecule has 1 aliphatic heterocycles. The van der Waals surface area contributed by atoms with E-state index in [4.69, 9.17) is 0 Å². The molecule has 1 aromatic rings. The summed E-state index contributed by atoms with van der Waals surface area (Å²) in [5.74, 6) is 0.186. The van der Waals surface area contributed by atoms with Gasteiger partial charge in [0.1, 0.15) is 0 Å². The summed E-state index contributed by atoms with van der Waals surface area (Å²) >= 11 is 0. The fourth-order valence-corrected chi connectivity index (χ4v) is 2.33. The largest absolute Gasteiger partial charge is 0.303 e. The zero-order valence-electron chi connectivity index (χ0n) is 11.5. The van der Waals surface area contributed by atoms with Crippen molar-refractivity contribution in [2.24, 2.45) is 0 Å². The lowest BCUT2D eigenvalue weighted by atomic mass is 10.0. The summed E-state index contributed by atoms with van der Waals surface area (Å²) in [6.07, 6.45) is 4.59. The fourth-order valence-electron chi connectivity index (χ4n) is 2.33. The van der Waals surface area contributed by atoms with Gasteiger partial charge in [0.2, 0.25) is 0 Å². The molecule has 1 aromatic heterocycles. The Morgan fingerprint density at radius 3 is 2.94 bits per heavy atom. The molecule has 0 radical (unpaired) electrons. The maximum atomic E-state index is 12.5. The summed E-state index contributed by atoms with van der Waals surface area (Å²) in [5.41, 5.74) is 0.732. The number of aromatic nitrogens is 2. The van der Waals surface area contributed by atoms with E-state index in [-0.39, 0.29) is 11.8 Å². The average Bonchev–Trinajstić information content (AvgIpc) is 2.80. The highest BCUT2D eigenvalue weighted by atomic mass is 16.1. The van der Waals surface area contributed by atoms with Crippen LogP contribution < -0.4 is 0 Å². The molecule has 0 amide bonds. The van der Waals surface area contributed by atoms with E-state index in [2.05, 4.69) is 28.9 Å². The molecule has 1 aliphatic rings. The van der Waals surface area contributed by atoms with Crippen LogP contribution in [0.4, 0.5) is 0 Å². The highest BCUT2D eigenvalue weighted by molar-refractivity contribution is 5.99. The van der Waals surface area contributed by atoms with Gasteiger partial charge in [-0.2, -0.15) is 5.10 Å². The third-order valence-electron chi connectivity index (χ3n) is 3.52. The van der Waals surface area contributed by atoms with Gasteiger partial charge in [0, 0.05) is 32.4 Å². The van der Waals surface area contributed by atoms with E-state index < -0.39 is 0 Å². The number of aryl methyl sites for hydroxylation is 1. The van der Waals surface area contributed by atoms with Crippen molar-refractivity contribution < 1.29 is 4.79 Å². The summed E-state index contributed by atoms with van der Waals surface area (Å²) in [5, 5.41) is 4.23. The monoisotopic (exact) mass is 250 g/mol. The van der Waals surface area contributed by atoms with Gasteiger partial charge in [-0.15, -0.1) is 0 Å². The smallest absolute Gasteiger partial charge is 0.184 e. The van der Waals surface area contributed by atoms with Crippen LogP contribution in [0.15, 0.2) is 12.4 Å². The van der Waals surface area contributed by atoms with Crippen molar-refractivity contribution in [2.75, 3.05) is 33.7 Å². The molecule has 0 saturated carbocycles. The first-order valence-corrected chi connectivity index (χ1v) is 6.57. The maximum absolute atomic E-state index is 12.5. The van der Waals surface area contributed by atoms with Gasteiger partial charge >= 0.3 is 0 Å². The number of carbonyl (C=O) groups is 1. The van der Waals surface area contributed by atoms with Crippen molar-refractivity contribution in [3.05, 3.63) is 18.0 Å². The predicted octanol–water partition coefficient (Wildman–Crippen LogP) is 0.722. The van der Waals surface area contributed by atoms with Crippen LogP contribution in [0, 0.1) is 0 Å². The highest BCUT2D eigenvalue weighted by Crippen LogP contribution is 2.12. The van der Waals surface area contributed by atoms with E-state index in [1.165, 1.54) is 0 Å². The number of hydrogen-bond donors (Lipinski definition) is 0. The van der Waals surface area contributed by atoms with Crippen molar-refractivity contribution in [1.29, 1.82) is 0 Å². The first-order valence-electron chi connectivity index (χ1n) is 6.57. The lowest BCUT2D eigenvalue weighted by Crippen LogP contribution is -2.53. The zero-order chi connectivity index (χ0) is 13.1. The molecular weight excluding hydrogens is 228 g/mol. The number of ketones is 1. The van der Waals surface area contributed by atoms with Gasteiger partial charge < -0.3 is 4.90 Å². The summed E-state index contributed by atoms with van der Waals surface area (Å²) < 4.78 is 1.85. The topological polar surface area (TPSA) is 41.4 Å². The van der Waals surface area contributed by atoms with Crippen molar-refractivity contribution in [2.45, 2.75) is 25.9 Å². The molecule has 0 spiro atoms. The van der Waals surface area contributed by atoms with E-state index in [1.807, 2.05) is 17.9 Å². The average molecular weight is 250 g/mol. The Balaban J connectivity index is 2.09. The minimum absolute atomic E-state index is 0.0389. The van der Waals surface area contributed by atoms with E-state index in [1.54, 1.807) is 6.20 Å². The Hall–Kier alpha value is -1.20. The molecule has 2 rings (SSSR count). The van der Waals surface area contributed by atoms with Gasteiger partial charge in [0.25, 0.3) is 0 Å². The Morgan fingerprint density at radius 1 is 1.44 bits per heavy atom. The Kier molecular flexibility index (Phi) is 4.14. The number of carbonyl (C=O) groups excluding carboxylic acids is 1. The summed E-state index contributed by atoms with van der Waals surface area (Å²) in [6.45, 7) is 5.74. The molecule has 2 heterocycles. The summed E-state index contributed by atoms with van der Waals surface area (Å²) in [7, 11) is 4.08. The van der Waals surface area contributed by atoms with Crippen LogP contribution in [0.3, 0.4) is 0 Å². The predicted molar refractivity (Wildman–Crippen MR) is 70.8 cm³/mol. The second kappa shape index (κ2) is 5.63. The first-order chi connectivity index (χ1) is 8.61. The highest BCUT2D eigenvalue weighted by Gasteiger charge is 2.29. The maximum Gasteiger partial charge on any atom is 0.184 e. The molecule has 0 aliphatic carbocycles. The van der Waals surface area contributed by atoms with Gasteiger partial charge in [-0.05, 0) is 20.5 Å². The van der Waals surface area contributed by atoms with E-state index >= 15 is 0 Å². The molecule has 5 heteroatoms. The second-order valence-electron chi connectivity index (χ2n) is 5.11. The molecule has 5 nitrogen and oxygen atoms in total. The lowest BCUT2D eigenvalue weighted by molar-refractivity contribution is 0.0686. The van der Waals surface area contributed by atoms with E-state index in [0.29, 0.717) is 0 Å². The van der Waals surface area contributed by atoms with Crippen molar-refractivity contribution in [3.63, 3.8) is 0 Å². The molecular formula is C13H22N4O. The molecule has 0 N–H and O–H groups in total. The fraction of sp³-hybridized carbons (Fsp3) is 0.692. The Morgan fingerprint density at radius 2 is 2.22 bits per heavy atom. The number of piperazine rings is 1. The minimum Gasteiger partial charge on any atom is -0.303 e. The van der Waals surface area contributed by atoms with Crippen LogP contribution in [0.2, 0.25) is 0 Å². The zero-order valence-corrected chi connectivity index (χ0v) is 11.5. The number of likely N-dealkylation sites (N-methyl/N-ethyl adjacent to an activating group) is 2. The molecule has 0 aromatic carbocycles. The van der Waals surface area contributed by atoms with Crippen LogP contribution in [0.1, 0.15) is 23.7 Å². The standard InChI is InChI=1S/C13H22N4O/c1-4-5-17-9-11(8-14-17)13(18)12-10-15(2)6-7-16(12)3/h8-9,12H,4-7,10H2,1-3H3. The van der Waals surface area contributed by atoms with Gasteiger partial charge in [-0.3, -0.25) is 14.4 Å². The third-order valence-corrected chi connectivity index (χ3v) is 3.52. The quantitative estimate of drug-likeness (QED) is 0.739.